The third-order valence-electron chi connectivity index (χ3n) is 3.49. The number of carbonyl (C=O) groups excluding carboxylic acids is 1. The van der Waals surface area contributed by atoms with Crippen LogP contribution in [0.25, 0.3) is 10.9 Å². The molecule has 0 aliphatic heterocycles. The fourth-order valence-electron chi connectivity index (χ4n) is 2.35. The van der Waals surface area contributed by atoms with E-state index >= 15 is 0 Å². The summed E-state index contributed by atoms with van der Waals surface area (Å²) in [5, 5.41) is 9.52. The van der Waals surface area contributed by atoms with Crippen molar-refractivity contribution in [2.24, 2.45) is 0 Å². The number of hydrogen-bond acceptors (Lipinski definition) is 5. The average molecular weight is 342 g/mol. The Morgan fingerprint density at radius 3 is 2.75 bits per heavy atom. The van der Waals surface area contributed by atoms with Crippen molar-refractivity contribution in [2.45, 2.75) is 20.0 Å². The number of ether oxygens (including phenoxy) is 1. The van der Waals surface area contributed by atoms with Gasteiger partial charge in [-0.1, -0.05) is 18.2 Å². The van der Waals surface area contributed by atoms with Crippen LogP contribution in [0.4, 0.5) is 4.79 Å². The molecule has 2 amide bonds. The molecule has 0 spiro atoms. The number of nitrogens with one attached hydrogen (secondary N) is 2. The lowest BCUT2D eigenvalue weighted by Gasteiger charge is -2.10. The van der Waals surface area contributed by atoms with Crippen LogP contribution in [0.5, 0.6) is 5.88 Å². The first kappa shape index (κ1) is 16.2. The molecule has 0 aliphatic carbocycles. The number of benzene rings is 1. The molecule has 3 aromatic rings. The summed E-state index contributed by atoms with van der Waals surface area (Å²) in [7, 11) is 1.58. The molecule has 0 saturated carbocycles. The highest BCUT2D eigenvalue weighted by Crippen LogP contribution is 2.21. The number of nitrogens with zero attached hydrogens (tertiary/aromatic N) is 2. The van der Waals surface area contributed by atoms with Gasteiger partial charge in [0, 0.05) is 29.1 Å². The largest absolute Gasteiger partial charge is 0.481 e. The van der Waals surface area contributed by atoms with Crippen LogP contribution >= 0.6 is 11.3 Å². The minimum absolute atomic E-state index is 0.234. The van der Waals surface area contributed by atoms with Crippen LogP contribution in [0.1, 0.15) is 16.3 Å². The Hall–Kier alpha value is -2.67. The van der Waals surface area contributed by atoms with Crippen molar-refractivity contribution in [3.8, 4) is 5.88 Å². The van der Waals surface area contributed by atoms with E-state index in [1.165, 1.54) is 11.3 Å². The monoisotopic (exact) mass is 342 g/mol. The maximum atomic E-state index is 12.0. The van der Waals surface area contributed by atoms with Crippen molar-refractivity contribution in [3.63, 3.8) is 0 Å². The van der Waals surface area contributed by atoms with Gasteiger partial charge in [-0.05, 0) is 18.6 Å². The summed E-state index contributed by atoms with van der Waals surface area (Å²) >= 11 is 1.53. The summed E-state index contributed by atoms with van der Waals surface area (Å²) < 4.78 is 5.23. The van der Waals surface area contributed by atoms with E-state index in [2.05, 4.69) is 20.6 Å². The zero-order valence-corrected chi connectivity index (χ0v) is 14.3. The van der Waals surface area contributed by atoms with Gasteiger partial charge in [0.2, 0.25) is 5.88 Å². The van der Waals surface area contributed by atoms with Crippen molar-refractivity contribution in [1.29, 1.82) is 0 Å². The van der Waals surface area contributed by atoms with E-state index in [1.54, 1.807) is 7.11 Å². The van der Waals surface area contributed by atoms with Crippen LogP contribution in [-0.4, -0.2) is 23.1 Å². The molecule has 1 aromatic carbocycles. The fraction of sp³-hybridized carbons (Fsp3) is 0.235. The predicted octanol–water partition coefficient (Wildman–Crippen LogP) is 3.01. The smallest absolute Gasteiger partial charge is 0.315 e. The molecule has 6 nitrogen and oxygen atoms in total. The first-order chi connectivity index (χ1) is 11.7. The van der Waals surface area contributed by atoms with Gasteiger partial charge in [-0.2, -0.15) is 0 Å². The van der Waals surface area contributed by atoms with Crippen LogP contribution in [0, 0.1) is 6.92 Å². The Morgan fingerprint density at radius 2 is 2.00 bits per heavy atom. The molecule has 2 N–H and O–H groups in total. The number of aryl methyl sites for hydroxylation is 1. The topological polar surface area (TPSA) is 76.1 Å². The summed E-state index contributed by atoms with van der Waals surface area (Å²) in [6.45, 7) is 2.74. The maximum absolute atomic E-state index is 12.0. The molecule has 0 radical (unpaired) electrons. The van der Waals surface area contributed by atoms with Crippen LogP contribution in [0.15, 0.2) is 35.7 Å². The van der Waals surface area contributed by atoms with Gasteiger partial charge in [0.25, 0.3) is 0 Å². The highest BCUT2D eigenvalue weighted by Gasteiger charge is 2.08. The molecule has 3 rings (SSSR count). The van der Waals surface area contributed by atoms with Crippen LogP contribution in [-0.2, 0) is 13.1 Å². The number of urea groups is 1. The van der Waals surface area contributed by atoms with Crippen molar-refractivity contribution < 1.29 is 9.53 Å². The summed E-state index contributed by atoms with van der Waals surface area (Å²) in [6.07, 6.45) is 0. The van der Waals surface area contributed by atoms with Crippen LogP contribution < -0.4 is 15.4 Å². The molecular formula is C17H18N4O2S. The second-order valence-corrected chi connectivity index (χ2v) is 6.20. The summed E-state index contributed by atoms with van der Waals surface area (Å²) in [5.74, 6) is 0.532. The zero-order valence-electron chi connectivity index (χ0n) is 13.5. The number of rotatable bonds is 5. The van der Waals surface area contributed by atoms with Gasteiger partial charge in [-0.3, -0.25) is 0 Å². The minimum atomic E-state index is -0.234. The van der Waals surface area contributed by atoms with E-state index < -0.39 is 0 Å². The first-order valence-corrected chi connectivity index (χ1v) is 8.39. The molecule has 2 heterocycles. The molecule has 0 saturated heterocycles. The molecule has 7 heteroatoms. The molecule has 0 unspecified atom stereocenters. The van der Waals surface area contributed by atoms with E-state index in [-0.39, 0.29) is 6.03 Å². The second-order valence-electron chi connectivity index (χ2n) is 5.26. The number of hydrogen-bond donors (Lipinski definition) is 2. The molecule has 0 atom stereocenters. The van der Waals surface area contributed by atoms with E-state index in [0.29, 0.717) is 19.0 Å². The van der Waals surface area contributed by atoms with Crippen LogP contribution in [0.2, 0.25) is 0 Å². The molecule has 2 aromatic heterocycles. The van der Waals surface area contributed by atoms with Gasteiger partial charge in [0.1, 0.15) is 5.01 Å². The molecule has 0 fully saturated rings. The van der Waals surface area contributed by atoms with Gasteiger partial charge >= 0.3 is 6.03 Å². The SMILES string of the molecule is COc1cc(CNC(=O)NCc2nc(C)cs2)c2ccccc2n1. The summed E-state index contributed by atoms with van der Waals surface area (Å²) in [4.78, 5) is 20.7. The number of carbonyl (C=O) groups is 1. The Morgan fingerprint density at radius 1 is 1.21 bits per heavy atom. The molecule has 24 heavy (non-hydrogen) atoms. The zero-order chi connectivity index (χ0) is 16.9. The van der Waals surface area contributed by atoms with E-state index in [0.717, 1.165) is 27.2 Å². The Labute approximate surface area is 143 Å². The normalized spacial score (nSPS) is 10.6. The van der Waals surface area contributed by atoms with Crippen molar-refractivity contribution >= 4 is 28.3 Å². The van der Waals surface area contributed by atoms with Gasteiger partial charge in [0.05, 0.1) is 19.2 Å². The molecule has 0 aliphatic rings. The van der Waals surface area contributed by atoms with Crippen molar-refractivity contribution in [1.82, 2.24) is 20.6 Å². The van der Waals surface area contributed by atoms with Crippen LogP contribution in [0.3, 0.4) is 0 Å². The van der Waals surface area contributed by atoms with E-state index in [4.69, 9.17) is 4.74 Å². The lowest BCUT2D eigenvalue weighted by molar-refractivity contribution is 0.240. The first-order valence-electron chi connectivity index (χ1n) is 7.51. The van der Waals surface area contributed by atoms with Gasteiger partial charge in [-0.15, -0.1) is 11.3 Å². The number of thiazole rings is 1. The molecular weight excluding hydrogens is 324 g/mol. The number of para-hydroxylation sites is 1. The lowest BCUT2D eigenvalue weighted by Crippen LogP contribution is -2.34. The number of fused-ring (bicyclic) bond motifs is 1. The number of methoxy groups -OCH3 is 1. The standard InChI is InChI=1S/C17H18N4O2S/c1-11-10-24-16(20-11)9-19-17(22)18-8-12-7-15(23-2)21-14-6-4-3-5-13(12)14/h3-7,10H,8-9H2,1-2H3,(H2,18,19,22). The highest BCUT2D eigenvalue weighted by atomic mass is 32.1. The van der Waals surface area contributed by atoms with Crippen molar-refractivity contribution in [2.75, 3.05) is 7.11 Å². The summed E-state index contributed by atoms with van der Waals surface area (Å²) in [5.41, 5.74) is 2.76. The van der Waals surface area contributed by atoms with E-state index in [1.807, 2.05) is 42.6 Å². The number of aromatic nitrogens is 2. The predicted molar refractivity (Wildman–Crippen MR) is 94.2 cm³/mol. The van der Waals surface area contributed by atoms with Gasteiger partial charge in [0.15, 0.2) is 0 Å². The summed E-state index contributed by atoms with van der Waals surface area (Å²) in [6, 6.07) is 9.39. The molecule has 124 valence electrons. The molecule has 0 bridgehead atoms. The number of pyridine rings is 1. The lowest BCUT2D eigenvalue weighted by atomic mass is 10.1. The fourth-order valence-corrected chi connectivity index (χ4v) is 3.06. The van der Waals surface area contributed by atoms with E-state index in [9.17, 15) is 4.79 Å². The maximum Gasteiger partial charge on any atom is 0.315 e. The average Bonchev–Trinajstić information content (AvgIpc) is 3.03. The Bertz CT molecular complexity index is 863. The number of amides is 2. The third-order valence-corrected chi connectivity index (χ3v) is 4.46. The highest BCUT2D eigenvalue weighted by molar-refractivity contribution is 7.09. The second kappa shape index (κ2) is 7.27. The Kier molecular flexibility index (Phi) is 4.90. The quantitative estimate of drug-likeness (QED) is 0.747. The van der Waals surface area contributed by atoms with Gasteiger partial charge < -0.3 is 15.4 Å². The van der Waals surface area contributed by atoms with Gasteiger partial charge in [-0.25, -0.2) is 14.8 Å². The van der Waals surface area contributed by atoms with Crippen molar-refractivity contribution in [3.05, 3.63) is 52.0 Å². The Balaban J connectivity index is 1.65. The third kappa shape index (κ3) is 3.80. The minimum Gasteiger partial charge on any atom is -0.481 e.